The molecule has 0 N–H and O–H groups in total. The van der Waals surface area contributed by atoms with Crippen LogP contribution in [0.5, 0.6) is 0 Å². The van der Waals surface area contributed by atoms with Gasteiger partial charge >= 0.3 is 6.18 Å². The van der Waals surface area contributed by atoms with E-state index < -0.39 is 88.5 Å². The largest absolute Gasteiger partial charge is 0.416 e. The number of rotatable bonds is 13. The fourth-order valence-corrected chi connectivity index (χ4v) is 8.86. The summed E-state index contributed by atoms with van der Waals surface area (Å²) in [5.41, 5.74) is -3.65. The van der Waals surface area contributed by atoms with Crippen molar-refractivity contribution in [3.8, 4) is 11.1 Å². The Morgan fingerprint density at radius 1 is 0.746 bits per heavy atom. The summed E-state index contributed by atoms with van der Waals surface area (Å²) in [6.07, 6.45) is -3.93. The van der Waals surface area contributed by atoms with E-state index in [1.54, 1.807) is 0 Å². The van der Waals surface area contributed by atoms with Crippen LogP contribution in [0, 0.1) is 5.82 Å². The van der Waals surface area contributed by atoms with E-state index in [2.05, 4.69) is 4.98 Å². The van der Waals surface area contributed by atoms with Crippen LogP contribution in [0.1, 0.15) is 48.2 Å². The predicted octanol–water partition coefficient (Wildman–Crippen LogP) is -3.75. The summed E-state index contributed by atoms with van der Waals surface area (Å²) in [6.45, 7) is 2.29. The Morgan fingerprint density at radius 2 is 1.25 bits per heavy atom. The van der Waals surface area contributed by atoms with Crippen molar-refractivity contribution in [2.24, 2.45) is 0 Å². The first-order valence-corrected chi connectivity index (χ1v) is 19.7. The van der Waals surface area contributed by atoms with E-state index >= 15 is 4.79 Å². The third kappa shape index (κ3) is 9.40. The molecule has 3 aromatic carbocycles. The molecule has 0 bridgehead atoms. The van der Waals surface area contributed by atoms with Gasteiger partial charge < -0.3 is 14.4 Å². The lowest BCUT2D eigenvalue weighted by atomic mass is 9.32. The predicted molar refractivity (Wildman–Crippen MR) is 255 cm³/mol. The van der Waals surface area contributed by atoms with Gasteiger partial charge in [0, 0.05) is 22.3 Å². The molecular weight excluding hydrogens is 801 g/mol. The SMILES string of the molecule is [B]c1c([B])c(C([B])([B])N(C(=O)C([B])([B])n2c(SCc3ccc(F)cc3)nc(=O)c3c2CCC3)C([B])([B])C([B])([B])N(C([B])([B])C)C([B])([B])C)c([B])c([B])c1-c1ccc(C(F)(F)F)cc1. The molecule has 0 unspecified atom stereocenters. The van der Waals surface area contributed by atoms with Gasteiger partial charge in [-0.05, 0) is 76.2 Å². The number of thioether (sulfide) groups is 1. The molecule has 4 aromatic rings. The molecule has 63 heavy (non-hydrogen) atoms. The highest BCUT2D eigenvalue weighted by Crippen LogP contribution is 2.40. The highest BCUT2D eigenvalue weighted by molar-refractivity contribution is 7.98. The van der Waals surface area contributed by atoms with Crippen molar-refractivity contribution in [3.63, 3.8) is 0 Å². The molecule has 0 saturated carbocycles. The normalized spacial score (nSPS) is 14.1. The molecule has 280 valence electrons. The topological polar surface area (TPSA) is 58.4 Å². The molecular formula is C36H22B16F4N4O2S. The minimum Gasteiger partial charge on any atom is -0.361 e. The lowest BCUT2D eigenvalue weighted by molar-refractivity contribution is -0.140. The maximum Gasteiger partial charge on any atom is 0.416 e. The number of alkyl halides is 3. The second kappa shape index (κ2) is 17.4. The van der Waals surface area contributed by atoms with Crippen molar-refractivity contribution in [1.82, 2.24) is 19.4 Å². The minimum absolute atomic E-state index is 0.0182. The van der Waals surface area contributed by atoms with Crippen LogP contribution in [0.15, 0.2) is 58.5 Å². The summed E-state index contributed by atoms with van der Waals surface area (Å²) in [6, 6.07) is 9.02. The van der Waals surface area contributed by atoms with E-state index in [4.69, 9.17) is 126 Å². The average Bonchev–Trinajstić information content (AvgIpc) is 3.62. The average molecular weight is 824 g/mol. The van der Waals surface area contributed by atoms with Crippen LogP contribution in [0.25, 0.3) is 11.1 Å². The number of fused-ring (bicyclic) bond motifs is 1. The number of halogens is 4. The van der Waals surface area contributed by atoms with Crippen LogP contribution in [-0.2, 0) is 40.2 Å². The van der Waals surface area contributed by atoms with Gasteiger partial charge in [0.15, 0.2) is 5.16 Å². The minimum atomic E-state index is -4.69. The Morgan fingerprint density at radius 3 is 1.73 bits per heavy atom. The molecule has 0 saturated heterocycles. The molecule has 5 rings (SSSR count). The van der Waals surface area contributed by atoms with Crippen molar-refractivity contribution in [3.05, 3.63) is 92.6 Å². The maximum absolute atomic E-state index is 15.6. The van der Waals surface area contributed by atoms with Gasteiger partial charge in [-0.2, -0.15) is 18.2 Å². The second-order valence-corrected chi connectivity index (χ2v) is 16.9. The molecule has 1 amide bonds. The molecule has 6 nitrogen and oxygen atoms in total. The van der Waals surface area contributed by atoms with Gasteiger partial charge in [0.05, 0.1) is 84.0 Å². The first kappa shape index (κ1) is 51.1. The second-order valence-electron chi connectivity index (χ2n) is 15.9. The monoisotopic (exact) mass is 826 g/mol. The summed E-state index contributed by atoms with van der Waals surface area (Å²) in [4.78, 5) is 34.0. The summed E-state index contributed by atoms with van der Waals surface area (Å²) >= 11 is 0.896. The molecule has 1 heterocycles. The van der Waals surface area contributed by atoms with Crippen molar-refractivity contribution in [2.45, 2.75) is 82.2 Å². The highest BCUT2D eigenvalue weighted by Gasteiger charge is 2.56. The fourth-order valence-electron chi connectivity index (χ4n) is 7.83. The Labute approximate surface area is 390 Å². The number of carbonyl (C=O) groups excluding carboxylic acids is 1. The zero-order valence-corrected chi connectivity index (χ0v) is 35.0. The van der Waals surface area contributed by atoms with Gasteiger partial charge in [-0.25, -0.2) is 4.39 Å². The molecule has 0 aliphatic heterocycles. The number of nitrogens with zero attached hydrogens (tertiary/aromatic N) is 4. The molecule has 1 aliphatic rings. The van der Waals surface area contributed by atoms with E-state index in [1.165, 1.54) is 24.3 Å². The van der Waals surface area contributed by atoms with Crippen LogP contribution >= 0.6 is 11.8 Å². The van der Waals surface area contributed by atoms with Crippen molar-refractivity contribution in [2.75, 3.05) is 0 Å². The highest BCUT2D eigenvalue weighted by atomic mass is 32.2. The zero-order chi connectivity index (χ0) is 47.8. The van der Waals surface area contributed by atoms with Gasteiger partial charge in [0.25, 0.3) is 5.56 Å². The van der Waals surface area contributed by atoms with E-state index in [-0.39, 0.29) is 51.0 Å². The fraction of sp³-hybridized carbons (Fsp3) is 0.361. The summed E-state index contributed by atoms with van der Waals surface area (Å²) in [5, 5.41) is -17.1. The zero-order valence-electron chi connectivity index (χ0n) is 34.2. The number of benzene rings is 3. The van der Waals surface area contributed by atoms with Gasteiger partial charge in [0.1, 0.15) is 52.9 Å². The van der Waals surface area contributed by atoms with Crippen LogP contribution < -0.4 is 27.4 Å². The molecule has 1 aliphatic carbocycles. The summed E-state index contributed by atoms with van der Waals surface area (Å²) in [5.74, 6) is -2.08. The lowest BCUT2D eigenvalue weighted by Crippen LogP contribution is -2.84. The van der Waals surface area contributed by atoms with Gasteiger partial charge in [-0.15, -0.1) is 0 Å². The van der Waals surface area contributed by atoms with Gasteiger partial charge in [-0.3, -0.25) is 9.59 Å². The van der Waals surface area contributed by atoms with Crippen molar-refractivity contribution < 1.29 is 22.4 Å². The number of carbonyl (C=O) groups is 1. The van der Waals surface area contributed by atoms with Gasteiger partial charge in [-0.1, -0.05) is 88.0 Å². The first-order chi connectivity index (χ1) is 28.6. The quantitative estimate of drug-likeness (QED) is 0.0602. The van der Waals surface area contributed by atoms with Gasteiger partial charge in [0.2, 0.25) is 5.91 Å². The molecule has 0 spiro atoms. The van der Waals surface area contributed by atoms with Crippen LogP contribution in [0.2, 0.25) is 0 Å². The standard InChI is InChI=1S/C36H22B16F4N4O2S/c1-30(41,42)60(31(2,43)44)36(51,52)35(49,50)59(32(45,46)22-25(39)23(37)21(24(38)26(22)40)16-8-10-17(11-9-16)34(54,55)56)28(62)33(47,48)58-20-5-3-4-19(20)27(61)57-29(58)63-14-15-6-12-18(53)13-7-15/h6-13H,3-5,14H2,1-2H3. The maximum atomic E-state index is 15.6. The Kier molecular flexibility index (Phi) is 14.1. The molecule has 0 fully saturated rings. The summed E-state index contributed by atoms with van der Waals surface area (Å²) in [7, 11) is 106. The van der Waals surface area contributed by atoms with E-state index in [9.17, 15) is 22.4 Å². The summed E-state index contributed by atoms with van der Waals surface area (Å²) < 4.78 is 55.1. The first-order valence-electron chi connectivity index (χ1n) is 18.7. The third-order valence-electron chi connectivity index (χ3n) is 10.6. The van der Waals surface area contributed by atoms with E-state index in [0.29, 0.717) is 16.9 Å². The third-order valence-corrected chi connectivity index (χ3v) is 11.6. The number of amides is 1. The Balaban J connectivity index is 1.81. The van der Waals surface area contributed by atoms with Crippen LogP contribution in [-0.4, -0.2) is 172 Å². The number of hydrogen-bond acceptors (Lipinski definition) is 5. The van der Waals surface area contributed by atoms with Crippen LogP contribution in [0.3, 0.4) is 0 Å². The van der Waals surface area contributed by atoms with E-state index in [1.807, 2.05) is 0 Å². The van der Waals surface area contributed by atoms with Crippen molar-refractivity contribution >= 4 is 165 Å². The molecule has 1 aromatic heterocycles. The van der Waals surface area contributed by atoms with Crippen molar-refractivity contribution in [1.29, 1.82) is 0 Å². The smallest absolute Gasteiger partial charge is 0.361 e. The molecule has 0 atom stereocenters. The number of hydrogen-bond donors (Lipinski definition) is 0. The Hall–Kier alpha value is -2.92. The molecule has 27 heteroatoms. The lowest BCUT2D eigenvalue weighted by Gasteiger charge is -2.69. The number of aromatic nitrogens is 2. The van der Waals surface area contributed by atoms with Crippen LogP contribution in [0.4, 0.5) is 17.6 Å². The van der Waals surface area contributed by atoms with E-state index in [0.717, 1.165) is 54.4 Å². The Bertz CT molecular complexity index is 2430. The molecule has 32 radical (unpaired) electrons.